The first-order chi connectivity index (χ1) is 18.1. The molecule has 0 aromatic rings. The molecule has 0 rings (SSSR count). The van der Waals surface area contributed by atoms with Crippen LogP contribution in [-0.4, -0.2) is 103 Å². The Morgan fingerprint density at radius 2 is 0.405 bits per heavy atom. The van der Waals surface area contributed by atoms with Crippen molar-refractivity contribution < 1.29 is 89.1 Å². The fourth-order valence-corrected chi connectivity index (χ4v) is 0. The van der Waals surface area contributed by atoms with E-state index in [1.54, 1.807) is 0 Å². The van der Waals surface area contributed by atoms with E-state index in [0.717, 1.165) is 62.3 Å². The maximum atomic E-state index is 9.00. The second-order valence-corrected chi connectivity index (χ2v) is 8.05. The molecule has 0 saturated heterocycles. The molecule has 42 heavy (non-hydrogen) atoms. The van der Waals surface area contributed by atoms with Gasteiger partial charge in [-0.2, -0.15) is 0 Å². The molecule has 0 saturated carbocycles. The van der Waals surface area contributed by atoms with Crippen LogP contribution < -0.4 is 0 Å². The van der Waals surface area contributed by atoms with Crippen molar-refractivity contribution in [3.05, 3.63) is 6.92 Å². The Bertz CT molecular complexity index is 525. The molecule has 0 aliphatic rings. The molecular formula is C21H40Cl3O18. The minimum Gasteiger partial charge on any atom is -0.481 e. The summed E-state index contributed by atoms with van der Waals surface area (Å²) in [5.74, 6) is -7.50. The fraction of sp³-hybridized carbons (Fsp3) is 0.524. The van der Waals surface area contributed by atoms with Crippen molar-refractivity contribution >= 4 is 88.5 Å². The highest BCUT2D eigenvalue weighted by Gasteiger charge is 2.14. The summed E-state index contributed by atoms with van der Waals surface area (Å²) < 4.78 is -1.15. The van der Waals surface area contributed by atoms with Crippen molar-refractivity contribution in [3.63, 3.8) is 0 Å². The summed E-state index contributed by atoms with van der Waals surface area (Å²) in [5.41, 5.74) is 0. The largest absolute Gasteiger partial charge is 0.481 e. The quantitative estimate of drug-likeness (QED) is 0.165. The van der Waals surface area contributed by atoms with E-state index in [9.17, 15) is 0 Å². The van der Waals surface area contributed by atoms with Gasteiger partial charge in [-0.3, -0.25) is 43.2 Å². The van der Waals surface area contributed by atoms with E-state index in [-0.39, 0.29) is 0 Å². The van der Waals surface area contributed by atoms with Gasteiger partial charge in [-0.1, -0.05) is 34.8 Å². The lowest BCUT2D eigenvalue weighted by Gasteiger charge is -2.02. The van der Waals surface area contributed by atoms with Gasteiger partial charge in [0.05, 0.1) is 0 Å². The number of carboxylic acids is 9. The molecule has 0 unspecified atom stereocenters. The Labute approximate surface area is 257 Å². The summed E-state index contributed by atoms with van der Waals surface area (Å²) in [7, 11) is 0. The number of alkyl halides is 3. The number of aliphatic carboxylic acids is 9. The second kappa shape index (κ2) is 53.4. The van der Waals surface area contributed by atoms with Gasteiger partial charge in [0.1, 0.15) is 0 Å². The number of halogens is 3. The summed E-state index contributed by atoms with van der Waals surface area (Å²) in [6.07, 6.45) is 0.317. The van der Waals surface area contributed by atoms with Gasteiger partial charge in [-0.25, -0.2) is 0 Å². The number of hydrogen-bond acceptors (Lipinski definition) is 9. The van der Waals surface area contributed by atoms with E-state index in [4.69, 9.17) is 124 Å². The van der Waals surface area contributed by atoms with Crippen LogP contribution in [0.1, 0.15) is 68.7 Å². The van der Waals surface area contributed by atoms with Crippen molar-refractivity contribution in [2.45, 2.75) is 72.5 Å². The Morgan fingerprint density at radius 3 is 0.405 bits per heavy atom. The Hall–Kier alpha value is -3.90. The summed E-state index contributed by atoms with van der Waals surface area (Å²) in [4.78, 5) is 81.0. The maximum absolute atomic E-state index is 9.00. The SMILES string of the molecule is CC(=O)O.CC(=O)O.CC(=O)O.CC(=O)O.CC(=O)O.CC(=O)O.CC(=O)O.CC(=O)O.CC(=O)O.[CH2]CC(Cl)(Cl)Cl. The molecule has 0 aliphatic carbocycles. The van der Waals surface area contributed by atoms with Crippen molar-refractivity contribution in [1.29, 1.82) is 0 Å². The molecule has 18 nitrogen and oxygen atoms in total. The maximum Gasteiger partial charge on any atom is 0.300 e. The van der Waals surface area contributed by atoms with Gasteiger partial charge >= 0.3 is 0 Å². The molecule has 0 heterocycles. The molecule has 0 fully saturated rings. The Morgan fingerprint density at radius 1 is 0.381 bits per heavy atom. The summed E-state index contributed by atoms with van der Waals surface area (Å²) in [5, 5.41) is 66.7. The van der Waals surface area contributed by atoms with Crippen LogP contribution >= 0.6 is 34.8 Å². The Kier molecular flexibility index (Phi) is 84.4. The first kappa shape index (κ1) is 66.4. The third-order valence-electron chi connectivity index (χ3n) is 0.283. The van der Waals surface area contributed by atoms with Crippen molar-refractivity contribution in [3.8, 4) is 0 Å². The number of hydrogen-bond donors (Lipinski definition) is 9. The molecule has 0 amide bonds. The highest BCUT2D eigenvalue weighted by atomic mass is 35.6. The normalized spacial score (nSPS) is 7.07. The molecule has 0 aromatic carbocycles. The molecule has 0 aliphatic heterocycles. The molecule has 21 heteroatoms. The molecule has 9 N–H and O–H groups in total. The second-order valence-electron chi connectivity index (χ2n) is 5.54. The first-order valence-corrected chi connectivity index (χ1v) is 10.9. The van der Waals surface area contributed by atoms with Crippen LogP contribution in [0.15, 0.2) is 0 Å². The number of carboxylic acid groups (broad SMARTS) is 9. The van der Waals surface area contributed by atoms with Crippen molar-refractivity contribution in [2.75, 3.05) is 0 Å². The van der Waals surface area contributed by atoms with Crippen molar-refractivity contribution in [1.82, 2.24) is 0 Å². The lowest BCUT2D eigenvalue weighted by molar-refractivity contribution is -0.135. The van der Waals surface area contributed by atoms with Crippen LogP contribution in [-0.2, 0) is 43.2 Å². The van der Waals surface area contributed by atoms with Gasteiger partial charge in [-0.15, -0.1) is 0 Å². The summed E-state index contributed by atoms with van der Waals surface area (Å²) in [6.45, 7) is 13.1. The van der Waals surface area contributed by atoms with Gasteiger partial charge in [0.15, 0.2) is 3.79 Å². The molecule has 0 bridgehead atoms. The summed E-state index contributed by atoms with van der Waals surface area (Å²) in [6, 6.07) is 0. The topological polar surface area (TPSA) is 336 Å². The molecule has 0 aromatic heterocycles. The van der Waals surface area contributed by atoms with Gasteiger partial charge in [-0.05, 0) is 13.3 Å². The van der Waals surface area contributed by atoms with Gasteiger partial charge in [0.2, 0.25) is 0 Å². The van der Waals surface area contributed by atoms with Gasteiger partial charge < -0.3 is 46.0 Å². The molecule has 0 spiro atoms. The summed E-state index contributed by atoms with van der Waals surface area (Å²) >= 11 is 15.6. The molecular weight excluding hydrogens is 647 g/mol. The van der Waals surface area contributed by atoms with E-state index in [0.29, 0.717) is 6.42 Å². The zero-order valence-corrected chi connectivity index (χ0v) is 26.5. The molecule has 1 radical (unpaired) electrons. The minimum atomic E-state index is -1.15. The van der Waals surface area contributed by atoms with Crippen LogP contribution in [0.2, 0.25) is 0 Å². The van der Waals surface area contributed by atoms with Crippen LogP contribution in [0.4, 0.5) is 0 Å². The predicted octanol–water partition coefficient (Wildman–Crippen LogP) is 3.40. The van der Waals surface area contributed by atoms with Crippen molar-refractivity contribution in [2.24, 2.45) is 0 Å². The van der Waals surface area contributed by atoms with E-state index in [2.05, 4.69) is 6.92 Å². The zero-order valence-electron chi connectivity index (χ0n) is 24.2. The van der Waals surface area contributed by atoms with Gasteiger partial charge in [0, 0.05) is 62.3 Å². The van der Waals surface area contributed by atoms with Crippen LogP contribution in [0.25, 0.3) is 0 Å². The first-order valence-electron chi connectivity index (χ1n) is 9.77. The highest BCUT2D eigenvalue weighted by Crippen LogP contribution is 2.28. The average Bonchev–Trinajstić information content (AvgIpc) is 2.56. The number of carbonyl (C=O) groups is 9. The monoisotopic (exact) mass is 685 g/mol. The third-order valence-corrected chi connectivity index (χ3v) is 0.850. The predicted molar refractivity (Wildman–Crippen MR) is 150 cm³/mol. The fourth-order valence-electron chi connectivity index (χ4n) is 0. The highest BCUT2D eigenvalue weighted by molar-refractivity contribution is 6.67. The molecule has 0 atom stereocenters. The number of rotatable bonds is 0. The van der Waals surface area contributed by atoms with Crippen LogP contribution in [0, 0.1) is 6.92 Å². The minimum absolute atomic E-state index is 0.317. The zero-order chi connectivity index (χ0) is 37.4. The van der Waals surface area contributed by atoms with E-state index in [1.165, 1.54) is 0 Å². The average molecular weight is 687 g/mol. The third kappa shape index (κ3) is 54900. The van der Waals surface area contributed by atoms with E-state index >= 15 is 0 Å². The lowest BCUT2D eigenvalue weighted by atomic mass is 10.6. The Balaban J connectivity index is -0.0000000340. The van der Waals surface area contributed by atoms with Crippen LogP contribution in [0.5, 0.6) is 0 Å². The smallest absolute Gasteiger partial charge is 0.300 e. The lowest BCUT2D eigenvalue weighted by Crippen LogP contribution is -1.96. The van der Waals surface area contributed by atoms with Gasteiger partial charge in [0.25, 0.3) is 53.7 Å². The van der Waals surface area contributed by atoms with E-state index in [1.807, 2.05) is 0 Å². The van der Waals surface area contributed by atoms with Crippen LogP contribution in [0.3, 0.4) is 0 Å². The van der Waals surface area contributed by atoms with E-state index < -0.39 is 57.5 Å². The molecule has 253 valence electrons. The standard InChI is InChI=1S/C3H4Cl3.9C2H4O2/c1-2-3(4,5)6;9*1-2(3)4/h1-2H2;9*1H3,(H,3,4).